The number of hydrogen-bond donors (Lipinski definition) is 3. The molecule has 32 heavy (non-hydrogen) atoms. The molecule has 0 radical (unpaired) electrons. The molecule has 1 atom stereocenters. The molecule has 3 N–H and O–H groups in total. The molecule has 1 saturated heterocycles. The number of nitrogens with one attached hydrogen (secondary N) is 1. The van der Waals surface area contributed by atoms with E-state index in [2.05, 4.69) is 10.2 Å². The van der Waals surface area contributed by atoms with Crippen molar-refractivity contribution < 1.29 is 23.4 Å². The van der Waals surface area contributed by atoms with E-state index in [9.17, 15) is 18.6 Å². The lowest BCUT2D eigenvalue weighted by molar-refractivity contribution is 0.261. The van der Waals surface area contributed by atoms with Gasteiger partial charge < -0.3 is 14.9 Å². The van der Waals surface area contributed by atoms with E-state index in [1.54, 1.807) is 24.3 Å². The highest BCUT2D eigenvalue weighted by Crippen LogP contribution is 2.42. The summed E-state index contributed by atoms with van der Waals surface area (Å²) < 4.78 is 33.9. The van der Waals surface area contributed by atoms with Gasteiger partial charge in [-0.25, -0.2) is 8.42 Å². The molecule has 0 bridgehead atoms. The van der Waals surface area contributed by atoms with Crippen LogP contribution in [0.5, 0.6) is 23.0 Å². The van der Waals surface area contributed by atoms with Gasteiger partial charge in [0, 0.05) is 24.7 Å². The number of aromatic hydroxyl groups is 2. The van der Waals surface area contributed by atoms with E-state index >= 15 is 0 Å². The van der Waals surface area contributed by atoms with Gasteiger partial charge in [0.15, 0.2) is 5.75 Å². The molecule has 0 spiro atoms. The first-order valence-corrected chi connectivity index (χ1v) is 12.1. The summed E-state index contributed by atoms with van der Waals surface area (Å²) in [6.45, 7) is 2.83. The number of H-pyrrole nitrogens is 1. The lowest BCUT2D eigenvalue weighted by Crippen LogP contribution is -2.39. The fraction of sp³-hybridized carbons (Fsp3) is 0.318. The maximum absolute atomic E-state index is 13.3. The smallest absolute Gasteiger partial charge is 0.246 e. The summed E-state index contributed by atoms with van der Waals surface area (Å²) in [5.74, 6) is 0.0616. The van der Waals surface area contributed by atoms with Crippen LogP contribution in [0.3, 0.4) is 0 Å². The molecule has 1 unspecified atom stereocenters. The fourth-order valence-corrected chi connectivity index (χ4v) is 5.69. The average molecular weight is 478 g/mol. The topological polar surface area (TPSA) is 116 Å². The Hall–Kier alpha value is -2.75. The molecule has 0 saturated carbocycles. The van der Waals surface area contributed by atoms with Crippen LogP contribution in [0.25, 0.3) is 11.3 Å². The van der Waals surface area contributed by atoms with Crippen LogP contribution < -0.4 is 4.74 Å². The molecular weight excluding hydrogens is 454 g/mol. The van der Waals surface area contributed by atoms with Crippen molar-refractivity contribution in [2.75, 3.05) is 13.1 Å². The number of phenols is 2. The first-order valence-electron chi connectivity index (χ1n) is 10.3. The molecule has 10 heteroatoms. The van der Waals surface area contributed by atoms with Gasteiger partial charge in [0.1, 0.15) is 27.8 Å². The number of piperidine rings is 1. The minimum atomic E-state index is -3.97. The Morgan fingerprint density at radius 3 is 2.75 bits per heavy atom. The number of para-hydroxylation sites is 1. The van der Waals surface area contributed by atoms with E-state index in [1.807, 2.05) is 6.92 Å². The van der Waals surface area contributed by atoms with E-state index in [-0.39, 0.29) is 33.6 Å². The van der Waals surface area contributed by atoms with Crippen LogP contribution in [0.2, 0.25) is 5.02 Å². The van der Waals surface area contributed by atoms with E-state index in [1.165, 1.54) is 16.6 Å². The van der Waals surface area contributed by atoms with Crippen molar-refractivity contribution in [2.45, 2.75) is 31.1 Å². The van der Waals surface area contributed by atoms with Gasteiger partial charge in [0.05, 0.1) is 11.2 Å². The summed E-state index contributed by atoms with van der Waals surface area (Å²) >= 11 is 6.16. The molecule has 1 aliphatic heterocycles. The third-order valence-corrected chi connectivity index (χ3v) is 7.89. The Morgan fingerprint density at radius 1 is 1.22 bits per heavy atom. The van der Waals surface area contributed by atoms with Crippen molar-refractivity contribution >= 4 is 21.6 Å². The number of phenolic OH excluding ortho intramolecular Hbond substituents is 2. The summed E-state index contributed by atoms with van der Waals surface area (Å²) in [6.07, 6.45) is 4.03. The fourth-order valence-electron chi connectivity index (χ4n) is 3.87. The zero-order valence-corrected chi connectivity index (χ0v) is 19.0. The second kappa shape index (κ2) is 9.01. The van der Waals surface area contributed by atoms with Crippen molar-refractivity contribution in [3.05, 3.63) is 47.6 Å². The van der Waals surface area contributed by atoms with Crippen LogP contribution in [0.4, 0.5) is 0 Å². The normalized spacial score (nSPS) is 17.4. The predicted molar refractivity (Wildman–Crippen MR) is 121 cm³/mol. The van der Waals surface area contributed by atoms with E-state index in [4.69, 9.17) is 16.3 Å². The Balaban J connectivity index is 1.73. The Morgan fingerprint density at radius 2 is 2.00 bits per heavy atom. The Bertz CT molecular complexity index is 1230. The quantitative estimate of drug-likeness (QED) is 0.472. The number of rotatable bonds is 6. The van der Waals surface area contributed by atoms with Crippen molar-refractivity contribution in [3.63, 3.8) is 0 Å². The van der Waals surface area contributed by atoms with E-state index in [0.717, 1.165) is 25.3 Å². The molecule has 1 fully saturated rings. The zero-order valence-electron chi connectivity index (χ0n) is 17.5. The number of nitrogens with zero attached hydrogens (tertiary/aromatic N) is 2. The van der Waals surface area contributed by atoms with Crippen LogP contribution in [-0.2, 0) is 10.0 Å². The molecule has 2 aromatic carbocycles. The molecule has 0 amide bonds. The SMILES string of the molecule is CCC1CCCN(S(=O)(=O)c2cc(-c3[nH]ncc3Oc3ccccc3Cl)c(O)cc2O)C1. The minimum Gasteiger partial charge on any atom is -0.507 e. The summed E-state index contributed by atoms with van der Waals surface area (Å²) in [4.78, 5) is -0.277. The number of aromatic nitrogens is 2. The highest BCUT2D eigenvalue weighted by molar-refractivity contribution is 7.89. The number of sulfonamides is 1. The zero-order chi connectivity index (χ0) is 22.9. The van der Waals surface area contributed by atoms with Crippen LogP contribution in [0, 0.1) is 5.92 Å². The standard InChI is InChI=1S/C22H24ClN3O5S/c1-2-14-6-5-9-26(13-14)32(29,30)21-10-15(17(27)11-18(21)28)22-20(12-24-25-22)31-19-8-4-3-7-16(19)23/h3-4,7-8,10-12,14,27-28H,2,5-6,9,13H2,1H3,(H,24,25). The first kappa shape index (κ1) is 22.4. The largest absolute Gasteiger partial charge is 0.507 e. The monoisotopic (exact) mass is 477 g/mol. The number of aromatic amines is 1. The van der Waals surface area contributed by atoms with Crippen LogP contribution >= 0.6 is 11.6 Å². The van der Waals surface area contributed by atoms with Crippen LogP contribution in [0.1, 0.15) is 26.2 Å². The number of hydrogen-bond acceptors (Lipinski definition) is 6. The lowest BCUT2D eigenvalue weighted by Gasteiger charge is -2.31. The molecule has 0 aliphatic carbocycles. The van der Waals surface area contributed by atoms with Crippen molar-refractivity contribution in [2.24, 2.45) is 5.92 Å². The number of ether oxygens (including phenoxy) is 1. The summed E-state index contributed by atoms with van der Waals surface area (Å²) in [6, 6.07) is 9.11. The maximum atomic E-state index is 13.3. The van der Waals surface area contributed by atoms with Crippen molar-refractivity contribution in [3.8, 4) is 34.3 Å². The number of halogens is 1. The van der Waals surface area contributed by atoms with Gasteiger partial charge in [-0.05, 0) is 37.0 Å². The Labute approximate surface area is 191 Å². The van der Waals surface area contributed by atoms with Gasteiger partial charge in [0.25, 0.3) is 0 Å². The number of benzene rings is 2. The summed E-state index contributed by atoms with van der Waals surface area (Å²) in [7, 11) is -3.97. The third kappa shape index (κ3) is 4.28. The molecule has 4 rings (SSSR count). The third-order valence-electron chi connectivity index (χ3n) is 5.68. The van der Waals surface area contributed by atoms with Gasteiger partial charge in [-0.1, -0.05) is 37.1 Å². The molecular formula is C22H24ClN3O5S. The molecule has 2 heterocycles. The second-order valence-corrected chi connectivity index (χ2v) is 10.1. The van der Waals surface area contributed by atoms with Crippen LogP contribution in [-0.4, -0.2) is 46.2 Å². The van der Waals surface area contributed by atoms with Gasteiger partial charge in [0.2, 0.25) is 10.0 Å². The van der Waals surface area contributed by atoms with Gasteiger partial charge in [-0.15, -0.1) is 0 Å². The highest BCUT2D eigenvalue weighted by Gasteiger charge is 2.33. The summed E-state index contributed by atoms with van der Waals surface area (Å²) in [5.41, 5.74) is 0.383. The minimum absolute atomic E-state index is 0.130. The van der Waals surface area contributed by atoms with E-state index in [0.29, 0.717) is 23.9 Å². The maximum Gasteiger partial charge on any atom is 0.246 e. The van der Waals surface area contributed by atoms with Crippen molar-refractivity contribution in [1.82, 2.24) is 14.5 Å². The molecule has 1 aliphatic rings. The van der Waals surface area contributed by atoms with Gasteiger partial charge in [-0.2, -0.15) is 9.40 Å². The highest BCUT2D eigenvalue weighted by atomic mass is 35.5. The van der Waals surface area contributed by atoms with Crippen molar-refractivity contribution in [1.29, 1.82) is 0 Å². The first-order chi connectivity index (χ1) is 15.3. The molecule has 8 nitrogen and oxygen atoms in total. The molecule has 170 valence electrons. The lowest BCUT2D eigenvalue weighted by atomic mass is 9.97. The summed E-state index contributed by atoms with van der Waals surface area (Å²) in [5, 5.41) is 28.0. The van der Waals surface area contributed by atoms with Crippen LogP contribution in [0.15, 0.2) is 47.5 Å². The molecule has 3 aromatic rings. The van der Waals surface area contributed by atoms with Gasteiger partial charge >= 0.3 is 0 Å². The Kier molecular flexibility index (Phi) is 6.32. The molecule has 1 aromatic heterocycles. The van der Waals surface area contributed by atoms with E-state index < -0.39 is 15.8 Å². The predicted octanol–water partition coefficient (Wildman–Crippen LogP) is 4.74. The second-order valence-electron chi connectivity index (χ2n) is 7.76. The average Bonchev–Trinajstić information content (AvgIpc) is 3.23. The van der Waals surface area contributed by atoms with Gasteiger partial charge in [-0.3, -0.25) is 5.10 Å².